The zero-order valence-electron chi connectivity index (χ0n) is 10.9. The largest absolute Gasteiger partial charge is 0.497 e. The van der Waals surface area contributed by atoms with E-state index >= 15 is 0 Å². The van der Waals surface area contributed by atoms with E-state index in [2.05, 4.69) is 12.0 Å². The van der Waals surface area contributed by atoms with Gasteiger partial charge in [-0.2, -0.15) is 5.10 Å². The van der Waals surface area contributed by atoms with Gasteiger partial charge in [0.2, 0.25) is 0 Å². The van der Waals surface area contributed by atoms with Gasteiger partial charge in [-0.3, -0.25) is 0 Å². The Bertz CT molecular complexity index is 520. The van der Waals surface area contributed by atoms with Gasteiger partial charge in [-0.25, -0.2) is 4.68 Å². The van der Waals surface area contributed by atoms with Crippen molar-refractivity contribution in [2.75, 3.05) is 7.11 Å². The van der Waals surface area contributed by atoms with E-state index in [1.54, 1.807) is 7.11 Å². The molecule has 2 rings (SSSR count). The molecule has 2 aromatic rings. The Hall–Kier alpha value is -1.81. The van der Waals surface area contributed by atoms with Crippen molar-refractivity contribution in [2.24, 2.45) is 5.73 Å². The number of hydrogen-bond donors (Lipinski definition) is 1. The molecule has 1 heterocycles. The fraction of sp³-hybridized carbons (Fsp3) is 0.357. The highest BCUT2D eigenvalue weighted by Crippen LogP contribution is 2.20. The van der Waals surface area contributed by atoms with Gasteiger partial charge in [-0.05, 0) is 18.6 Å². The SMILES string of the molecule is CCCc1c(CN)cnn1-c1cccc(OC)c1. The van der Waals surface area contributed by atoms with Crippen LogP contribution in [0.1, 0.15) is 24.6 Å². The lowest BCUT2D eigenvalue weighted by molar-refractivity contribution is 0.414. The summed E-state index contributed by atoms with van der Waals surface area (Å²) < 4.78 is 7.20. The molecule has 2 N–H and O–H groups in total. The summed E-state index contributed by atoms with van der Waals surface area (Å²) in [6.07, 6.45) is 3.90. The van der Waals surface area contributed by atoms with Crippen LogP contribution in [-0.2, 0) is 13.0 Å². The van der Waals surface area contributed by atoms with Gasteiger partial charge in [0.25, 0.3) is 0 Å². The van der Waals surface area contributed by atoms with Crippen LogP contribution in [0.4, 0.5) is 0 Å². The van der Waals surface area contributed by atoms with Crippen LogP contribution >= 0.6 is 0 Å². The van der Waals surface area contributed by atoms with Crippen molar-refractivity contribution in [3.63, 3.8) is 0 Å². The average molecular weight is 245 g/mol. The minimum absolute atomic E-state index is 0.527. The minimum atomic E-state index is 0.527. The minimum Gasteiger partial charge on any atom is -0.497 e. The lowest BCUT2D eigenvalue weighted by Gasteiger charge is -2.09. The van der Waals surface area contributed by atoms with Crippen molar-refractivity contribution in [3.8, 4) is 11.4 Å². The number of ether oxygens (including phenoxy) is 1. The average Bonchev–Trinajstić information content (AvgIpc) is 2.82. The monoisotopic (exact) mass is 245 g/mol. The van der Waals surface area contributed by atoms with Crippen LogP contribution in [0.3, 0.4) is 0 Å². The number of benzene rings is 1. The van der Waals surface area contributed by atoms with Crippen LogP contribution in [0.25, 0.3) is 5.69 Å². The molecule has 0 aliphatic carbocycles. The Morgan fingerprint density at radius 1 is 1.39 bits per heavy atom. The first-order valence-electron chi connectivity index (χ1n) is 6.20. The number of nitrogens with zero attached hydrogens (tertiary/aromatic N) is 2. The molecule has 0 amide bonds. The van der Waals surface area contributed by atoms with Crippen molar-refractivity contribution < 1.29 is 4.74 Å². The Balaban J connectivity index is 2.45. The molecule has 18 heavy (non-hydrogen) atoms. The maximum absolute atomic E-state index is 5.75. The summed E-state index contributed by atoms with van der Waals surface area (Å²) >= 11 is 0. The van der Waals surface area contributed by atoms with E-state index in [0.29, 0.717) is 6.54 Å². The Kier molecular flexibility index (Phi) is 3.99. The zero-order valence-corrected chi connectivity index (χ0v) is 10.9. The van der Waals surface area contributed by atoms with Crippen molar-refractivity contribution in [1.82, 2.24) is 9.78 Å². The third-order valence-electron chi connectivity index (χ3n) is 2.96. The van der Waals surface area contributed by atoms with Gasteiger partial charge in [0, 0.05) is 23.9 Å². The zero-order chi connectivity index (χ0) is 13.0. The maximum atomic E-state index is 5.75. The van der Waals surface area contributed by atoms with Gasteiger partial charge in [0.05, 0.1) is 19.0 Å². The summed E-state index contributed by atoms with van der Waals surface area (Å²) in [5.74, 6) is 0.833. The van der Waals surface area contributed by atoms with Crippen molar-refractivity contribution >= 4 is 0 Å². The van der Waals surface area contributed by atoms with Gasteiger partial charge >= 0.3 is 0 Å². The topological polar surface area (TPSA) is 53.1 Å². The fourth-order valence-corrected chi connectivity index (χ4v) is 2.05. The molecular formula is C14H19N3O. The van der Waals surface area contributed by atoms with E-state index in [0.717, 1.165) is 29.8 Å². The van der Waals surface area contributed by atoms with Crippen molar-refractivity contribution in [3.05, 3.63) is 41.7 Å². The van der Waals surface area contributed by atoms with E-state index in [1.807, 2.05) is 35.1 Å². The first-order valence-corrected chi connectivity index (χ1v) is 6.20. The molecular weight excluding hydrogens is 226 g/mol. The normalized spacial score (nSPS) is 10.6. The summed E-state index contributed by atoms with van der Waals surface area (Å²) in [6.45, 7) is 2.68. The smallest absolute Gasteiger partial charge is 0.121 e. The molecule has 0 radical (unpaired) electrons. The molecule has 96 valence electrons. The molecule has 0 unspecified atom stereocenters. The maximum Gasteiger partial charge on any atom is 0.121 e. The highest BCUT2D eigenvalue weighted by molar-refractivity contribution is 5.41. The molecule has 4 heteroatoms. The molecule has 0 spiro atoms. The summed E-state index contributed by atoms with van der Waals surface area (Å²) in [5.41, 5.74) is 9.06. The summed E-state index contributed by atoms with van der Waals surface area (Å²) in [7, 11) is 1.67. The molecule has 0 saturated carbocycles. The molecule has 0 aliphatic heterocycles. The number of aromatic nitrogens is 2. The lowest BCUT2D eigenvalue weighted by Crippen LogP contribution is -2.06. The first-order chi connectivity index (χ1) is 8.80. The van der Waals surface area contributed by atoms with Crippen LogP contribution in [0, 0.1) is 0 Å². The van der Waals surface area contributed by atoms with Gasteiger partial charge in [-0.1, -0.05) is 19.4 Å². The van der Waals surface area contributed by atoms with Crippen LogP contribution in [0.15, 0.2) is 30.5 Å². The van der Waals surface area contributed by atoms with E-state index in [1.165, 1.54) is 5.69 Å². The van der Waals surface area contributed by atoms with Gasteiger partial charge in [-0.15, -0.1) is 0 Å². The lowest BCUT2D eigenvalue weighted by atomic mass is 10.1. The predicted octanol–water partition coefficient (Wildman–Crippen LogP) is 2.29. The van der Waals surface area contributed by atoms with Crippen LogP contribution in [-0.4, -0.2) is 16.9 Å². The molecule has 0 saturated heterocycles. The van der Waals surface area contributed by atoms with Crippen LogP contribution in [0.5, 0.6) is 5.75 Å². The van der Waals surface area contributed by atoms with E-state index in [-0.39, 0.29) is 0 Å². The van der Waals surface area contributed by atoms with Crippen LogP contribution in [0.2, 0.25) is 0 Å². The van der Waals surface area contributed by atoms with Gasteiger partial charge < -0.3 is 10.5 Å². The predicted molar refractivity (Wildman–Crippen MR) is 72.0 cm³/mol. The number of rotatable bonds is 5. The molecule has 4 nitrogen and oxygen atoms in total. The third kappa shape index (κ3) is 2.38. The second-order valence-corrected chi connectivity index (χ2v) is 4.18. The van der Waals surface area contributed by atoms with E-state index in [9.17, 15) is 0 Å². The Labute approximate surface area is 107 Å². The van der Waals surface area contributed by atoms with E-state index in [4.69, 9.17) is 10.5 Å². The van der Waals surface area contributed by atoms with Crippen LogP contribution < -0.4 is 10.5 Å². The number of methoxy groups -OCH3 is 1. The molecule has 0 bridgehead atoms. The molecule has 0 fully saturated rings. The second-order valence-electron chi connectivity index (χ2n) is 4.18. The number of hydrogen-bond acceptors (Lipinski definition) is 3. The van der Waals surface area contributed by atoms with Crippen molar-refractivity contribution in [2.45, 2.75) is 26.3 Å². The summed E-state index contributed by atoms with van der Waals surface area (Å²) in [6, 6.07) is 7.89. The molecule has 1 aromatic heterocycles. The van der Waals surface area contributed by atoms with Gasteiger partial charge in [0.1, 0.15) is 5.75 Å². The summed E-state index contributed by atoms with van der Waals surface area (Å²) in [4.78, 5) is 0. The fourth-order valence-electron chi connectivity index (χ4n) is 2.05. The van der Waals surface area contributed by atoms with Gasteiger partial charge in [0.15, 0.2) is 0 Å². The molecule has 0 atom stereocenters. The molecule has 1 aromatic carbocycles. The highest BCUT2D eigenvalue weighted by Gasteiger charge is 2.10. The highest BCUT2D eigenvalue weighted by atomic mass is 16.5. The number of nitrogens with two attached hydrogens (primary N) is 1. The van der Waals surface area contributed by atoms with Crippen molar-refractivity contribution in [1.29, 1.82) is 0 Å². The molecule has 0 aliphatic rings. The quantitative estimate of drug-likeness (QED) is 0.879. The Morgan fingerprint density at radius 2 is 2.22 bits per heavy atom. The first kappa shape index (κ1) is 12.6. The van der Waals surface area contributed by atoms with E-state index < -0.39 is 0 Å². The third-order valence-corrected chi connectivity index (χ3v) is 2.96. The standard InChI is InChI=1S/C14H19N3O/c1-3-5-14-11(9-15)10-16-17(14)12-6-4-7-13(8-12)18-2/h4,6-8,10H,3,5,9,15H2,1-2H3. The second kappa shape index (κ2) is 5.69. The Morgan fingerprint density at radius 3 is 2.89 bits per heavy atom. The summed E-state index contributed by atoms with van der Waals surface area (Å²) in [5, 5.41) is 4.43.